The average Bonchev–Trinajstić information content (AvgIpc) is 3.12. The van der Waals surface area contributed by atoms with Gasteiger partial charge in [-0.2, -0.15) is 0 Å². The highest BCUT2D eigenvalue weighted by atomic mass is 16.2. The Morgan fingerprint density at radius 2 is 1.82 bits per heavy atom. The summed E-state index contributed by atoms with van der Waals surface area (Å²) in [7, 11) is 0. The molecule has 1 saturated heterocycles. The number of hydrogen-bond donors (Lipinski definition) is 2. The van der Waals surface area contributed by atoms with E-state index in [1.807, 2.05) is 38.1 Å². The molecule has 6 heteroatoms. The molecule has 0 aliphatic carbocycles. The van der Waals surface area contributed by atoms with Crippen LogP contribution < -0.4 is 15.5 Å². The van der Waals surface area contributed by atoms with Crippen molar-refractivity contribution in [3.05, 3.63) is 65.2 Å². The second-order valence-electron chi connectivity index (χ2n) is 7.02. The lowest BCUT2D eigenvalue weighted by Crippen LogP contribution is -2.38. The van der Waals surface area contributed by atoms with Gasteiger partial charge in [-0.3, -0.25) is 14.4 Å². The summed E-state index contributed by atoms with van der Waals surface area (Å²) in [5, 5.41) is 5.53. The Bertz CT molecular complexity index is 877. The van der Waals surface area contributed by atoms with Gasteiger partial charge in [0.1, 0.15) is 0 Å². The van der Waals surface area contributed by atoms with Crippen molar-refractivity contribution in [1.29, 1.82) is 0 Å². The summed E-state index contributed by atoms with van der Waals surface area (Å²) in [6.07, 6.45) is 1.43. The molecule has 6 nitrogen and oxygen atoms in total. The van der Waals surface area contributed by atoms with E-state index >= 15 is 0 Å². The van der Waals surface area contributed by atoms with E-state index in [9.17, 15) is 14.4 Å². The summed E-state index contributed by atoms with van der Waals surface area (Å²) in [6.45, 7) is 4.53. The minimum Gasteiger partial charge on any atom is -0.348 e. The Morgan fingerprint density at radius 1 is 1.11 bits per heavy atom. The predicted molar refractivity (Wildman–Crippen MR) is 108 cm³/mol. The van der Waals surface area contributed by atoms with Crippen molar-refractivity contribution in [2.45, 2.75) is 32.7 Å². The molecule has 2 N–H and O–H groups in total. The Morgan fingerprint density at radius 3 is 2.46 bits per heavy atom. The van der Waals surface area contributed by atoms with Gasteiger partial charge < -0.3 is 15.5 Å². The monoisotopic (exact) mass is 379 g/mol. The van der Waals surface area contributed by atoms with E-state index in [2.05, 4.69) is 10.6 Å². The Labute approximate surface area is 164 Å². The second-order valence-corrected chi connectivity index (χ2v) is 7.02. The molecule has 1 atom stereocenters. The summed E-state index contributed by atoms with van der Waals surface area (Å²) < 4.78 is 0. The van der Waals surface area contributed by atoms with Crippen molar-refractivity contribution in [1.82, 2.24) is 10.6 Å². The first-order valence-corrected chi connectivity index (χ1v) is 9.49. The summed E-state index contributed by atoms with van der Waals surface area (Å²) >= 11 is 0. The summed E-state index contributed by atoms with van der Waals surface area (Å²) in [4.78, 5) is 38.0. The minimum absolute atomic E-state index is 0.0958. The van der Waals surface area contributed by atoms with Crippen molar-refractivity contribution < 1.29 is 14.4 Å². The first-order chi connectivity index (χ1) is 13.5. The zero-order valence-corrected chi connectivity index (χ0v) is 16.2. The van der Waals surface area contributed by atoms with E-state index in [0.29, 0.717) is 18.5 Å². The third kappa shape index (κ3) is 4.57. The fourth-order valence-electron chi connectivity index (χ4n) is 3.42. The van der Waals surface area contributed by atoms with Gasteiger partial charge in [0.2, 0.25) is 11.8 Å². The zero-order chi connectivity index (χ0) is 20.1. The number of benzene rings is 2. The van der Waals surface area contributed by atoms with Crippen molar-refractivity contribution in [3.8, 4) is 0 Å². The Hall–Kier alpha value is -3.15. The number of carbonyl (C=O) groups is 3. The van der Waals surface area contributed by atoms with E-state index < -0.39 is 0 Å². The Balaban J connectivity index is 1.51. The Kier molecular flexibility index (Phi) is 6.09. The van der Waals surface area contributed by atoms with Gasteiger partial charge in [-0.05, 0) is 55.7 Å². The minimum atomic E-state index is -0.321. The SMILES string of the molecule is Cc1ccccc1[C@H](C)NC(=O)CNC(=O)c1ccc(N2CCCC2=O)cc1. The first-order valence-electron chi connectivity index (χ1n) is 9.49. The lowest BCUT2D eigenvalue weighted by atomic mass is 10.0. The summed E-state index contributed by atoms with van der Waals surface area (Å²) in [5.74, 6) is -0.460. The van der Waals surface area contributed by atoms with Crippen LogP contribution in [0.2, 0.25) is 0 Å². The quantitative estimate of drug-likeness (QED) is 0.810. The number of nitrogens with one attached hydrogen (secondary N) is 2. The van der Waals surface area contributed by atoms with Crippen LogP contribution in [0, 0.1) is 6.92 Å². The van der Waals surface area contributed by atoms with Gasteiger partial charge in [-0.15, -0.1) is 0 Å². The maximum Gasteiger partial charge on any atom is 0.251 e. The molecule has 0 radical (unpaired) electrons. The number of carbonyl (C=O) groups excluding carboxylic acids is 3. The highest BCUT2D eigenvalue weighted by Crippen LogP contribution is 2.21. The van der Waals surface area contributed by atoms with Crippen LogP contribution >= 0.6 is 0 Å². The van der Waals surface area contributed by atoms with E-state index in [1.54, 1.807) is 29.2 Å². The molecular weight excluding hydrogens is 354 g/mol. The van der Waals surface area contributed by atoms with Gasteiger partial charge in [0, 0.05) is 24.2 Å². The molecule has 146 valence electrons. The second kappa shape index (κ2) is 8.69. The number of hydrogen-bond acceptors (Lipinski definition) is 3. The fraction of sp³-hybridized carbons (Fsp3) is 0.318. The number of nitrogens with zero attached hydrogens (tertiary/aromatic N) is 1. The van der Waals surface area contributed by atoms with Crippen LogP contribution in [0.5, 0.6) is 0 Å². The van der Waals surface area contributed by atoms with E-state index in [-0.39, 0.29) is 30.3 Å². The van der Waals surface area contributed by atoms with Crippen LogP contribution in [0.1, 0.15) is 47.3 Å². The summed E-state index contributed by atoms with van der Waals surface area (Å²) in [6, 6.07) is 14.6. The smallest absolute Gasteiger partial charge is 0.251 e. The third-order valence-electron chi connectivity index (χ3n) is 4.96. The highest BCUT2D eigenvalue weighted by Gasteiger charge is 2.21. The number of aryl methyl sites for hydroxylation is 1. The molecule has 0 saturated carbocycles. The number of anilines is 1. The molecule has 1 fully saturated rings. The van der Waals surface area contributed by atoms with Gasteiger partial charge >= 0.3 is 0 Å². The van der Waals surface area contributed by atoms with Crippen molar-refractivity contribution in [2.75, 3.05) is 18.0 Å². The third-order valence-corrected chi connectivity index (χ3v) is 4.96. The maximum absolute atomic E-state index is 12.3. The molecule has 0 bridgehead atoms. The van der Waals surface area contributed by atoms with Crippen molar-refractivity contribution in [3.63, 3.8) is 0 Å². The van der Waals surface area contributed by atoms with Crippen molar-refractivity contribution >= 4 is 23.4 Å². The largest absolute Gasteiger partial charge is 0.348 e. The van der Waals surface area contributed by atoms with Crippen LogP contribution in [0.25, 0.3) is 0 Å². The molecule has 3 rings (SSSR count). The normalized spacial score (nSPS) is 14.6. The molecule has 0 spiro atoms. The maximum atomic E-state index is 12.3. The molecule has 0 aromatic heterocycles. The van der Waals surface area contributed by atoms with Gasteiger partial charge in [0.05, 0.1) is 12.6 Å². The van der Waals surface area contributed by atoms with Crippen LogP contribution in [-0.4, -0.2) is 30.8 Å². The predicted octanol–water partition coefficient (Wildman–Crippen LogP) is 2.73. The molecule has 1 aliphatic heterocycles. The van der Waals surface area contributed by atoms with E-state index in [4.69, 9.17) is 0 Å². The fourth-order valence-corrected chi connectivity index (χ4v) is 3.42. The summed E-state index contributed by atoms with van der Waals surface area (Å²) in [5.41, 5.74) is 3.41. The topological polar surface area (TPSA) is 78.5 Å². The van der Waals surface area contributed by atoms with Gasteiger partial charge in [-0.25, -0.2) is 0 Å². The lowest BCUT2D eigenvalue weighted by Gasteiger charge is -2.17. The van der Waals surface area contributed by atoms with Gasteiger partial charge in [0.15, 0.2) is 0 Å². The van der Waals surface area contributed by atoms with E-state index in [0.717, 1.165) is 23.2 Å². The van der Waals surface area contributed by atoms with Crippen LogP contribution in [0.15, 0.2) is 48.5 Å². The molecule has 1 heterocycles. The van der Waals surface area contributed by atoms with Crippen LogP contribution in [0.4, 0.5) is 5.69 Å². The van der Waals surface area contributed by atoms with Gasteiger partial charge in [-0.1, -0.05) is 24.3 Å². The molecule has 2 aromatic carbocycles. The number of rotatable bonds is 6. The molecule has 3 amide bonds. The molecule has 1 aliphatic rings. The molecule has 2 aromatic rings. The van der Waals surface area contributed by atoms with Crippen LogP contribution in [-0.2, 0) is 9.59 Å². The average molecular weight is 379 g/mol. The van der Waals surface area contributed by atoms with Gasteiger partial charge in [0.25, 0.3) is 5.91 Å². The standard InChI is InChI=1S/C22H25N3O3/c1-15-6-3-4-7-19(15)16(2)24-20(26)14-23-22(28)17-9-11-18(12-10-17)25-13-5-8-21(25)27/h3-4,6-7,9-12,16H,5,8,13-14H2,1-2H3,(H,23,28)(H,24,26)/t16-/m0/s1. The highest BCUT2D eigenvalue weighted by molar-refractivity contribution is 5.98. The molecule has 28 heavy (non-hydrogen) atoms. The van der Waals surface area contributed by atoms with Crippen molar-refractivity contribution in [2.24, 2.45) is 0 Å². The zero-order valence-electron chi connectivity index (χ0n) is 16.2. The number of amides is 3. The first kappa shape index (κ1) is 19.6. The van der Waals surface area contributed by atoms with Crippen LogP contribution in [0.3, 0.4) is 0 Å². The molecular formula is C22H25N3O3. The van der Waals surface area contributed by atoms with E-state index in [1.165, 1.54) is 0 Å². The lowest BCUT2D eigenvalue weighted by molar-refractivity contribution is -0.120. The molecule has 0 unspecified atom stereocenters.